The van der Waals surface area contributed by atoms with E-state index in [1.807, 2.05) is 32.9 Å². The number of benzene rings is 1. The van der Waals surface area contributed by atoms with Crippen molar-refractivity contribution in [1.29, 1.82) is 0 Å². The van der Waals surface area contributed by atoms with E-state index < -0.39 is 5.60 Å². The van der Waals surface area contributed by atoms with Gasteiger partial charge in [0.2, 0.25) is 0 Å². The van der Waals surface area contributed by atoms with Gasteiger partial charge in [-0.3, -0.25) is 0 Å². The molecular formula is C13H14BrClO2. The number of carbonyl (C=O) groups excluding carboxylic acids is 1. The van der Waals surface area contributed by atoms with E-state index in [2.05, 4.69) is 15.9 Å². The maximum Gasteiger partial charge on any atom is 0.331 e. The van der Waals surface area contributed by atoms with Crippen LogP contribution in [0.5, 0.6) is 0 Å². The minimum Gasteiger partial charge on any atom is -0.457 e. The Hall–Kier alpha value is -0.800. The monoisotopic (exact) mass is 316 g/mol. The van der Waals surface area contributed by atoms with E-state index in [1.165, 1.54) is 6.08 Å². The molecule has 0 saturated carbocycles. The first-order valence-electron chi connectivity index (χ1n) is 5.14. The Morgan fingerprint density at radius 3 is 2.65 bits per heavy atom. The van der Waals surface area contributed by atoms with E-state index in [-0.39, 0.29) is 5.97 Å². The van der Waals surface area contributed by atoms with Crippen LogP contribution in [0, 0.1) is 0 Å². The van der Waals surface area contributed by atoms with Gasteiger partial charge in [0, 0.05) is 15.6 Å². The maximum absolute atomic E-state index is 11.5. The standard InChI is InChI=1S/C13H14BrClO2/c1-13(2,3)17-12(16)7-4-9-8-10(14)5-6-11(9)15/h4-8H,1-3H3/b7-4+. The summed E-state index contributed by atoms with van der Waals surface area (Å²) in [5, 5.41) is 0.591. The minimum absolute atomic E-state index is 0.381. The Kier molecular flexibility index (Phi) is 4.78. The molecule has 0 amide bonds. The van der Waals surface area contributed by atoms with Gasteiger partial charge in [0.15, 0.2) is 0 Å². The second kappa shape index (κ2) is 5.69. The van der Waals surface area contributed by atoms with E-state index in [1.54, 1.807) is 12.1 Å². The highest BCUT2D eigenvalue weighted by atomic mass is 79.9. The molecule has 0 atom stereocenters. The van der Waals surface area contributed by atoms with Gasteiger partial charge in [0.1, 0.15) is 5.60 Å². The highest BCUT2D eigenvalue weighted by Gasteiger charge is 2.13. The van der Waals surface area contributed by atoms with Crippen LogP contribution in [0.4, 0.5) is 0 Å². The van der Waals surface area contributed by atoms with E-state index in [0.717, 1.165) is 10.0 Å². The third-order valence-electron chi connectivity index (χ3n) is 1.76. The lowest BCUT2D eigenvalue weighted by Crippen LogP contribution is -2.22. The van der Waals surface area contributed by atoms with Gasteiger partial charge in [-0.15, -0.1) is 0 Å². The summed E-state index contributed by atoms with van der Waals surface area (Å²) < 4.78 is 6.06. The van der Waals surface area contributed by atoms with Crippen LogP contribution in [-0.4, -0.2) is 11.6 Å². The first kappa shape index (κ1) is 14.3. The van der Waals surface area contributed by atoms with Crippen LogP contribution in [0.2, 0.25) is 5.02 Å². The van der Waals surface area contributed by atoms with Gasteiger partial charge in [0.25, 0.3) is 0 Å². The third kappa shape index (κ3) is 5.37. The van der Waals surface area contributed by atoms with Gasteiger partial charge < -0.3 is 4.74 Å². The zero-order valence-electron chi connectivity index (χ0n) is 9.96. The molecule has 4 heteroatoms. The Bertz CT molecular complexity index is 447. The van der Waals surface area contributed by atoms with Gasteiger partial charge >= 0.3 is 5.97 Å². The summed E-state index contributed by atoms with van der Waals surface area (Å²) in [6.07, 6.45) is 3.01. The molecule has 0 N–H and O–H groups in total. The first-order chi connectivity index (χ1) is 7.78. The molecule has 1 aromatic rings. The van der Waals surface area contributed by atoms with E-state index in [0.29, 0.717) is 5.02 Å². The van der Waals surface area contributed by atoms with Crippen LogP contribution < -0.4 is 0 Å². The van der Waals surface area contributed by atoms with Gasteiger partial charge in [-0.05, 0) is 50.6 Å². The second-order valence-electron chi connectivity index (χ2n) is 4.53. The molecule has 1 aromatic carbocycles. The maximum atomic E-state index is 11.5. The highest BCUT2D eigenvalue weighted by Crippen LogP contribution is 2.22. The van der Waals surface area contributed by atoms with Crippen molar-refractivity contribution in [3.63, 3.8) is 0 Å². The summed E-state index contributed by atoms with van der Waals surface area (Å²) in [5.41, 5.74) is 0.287. The number of esters is 1. The summed E-state index contributed by atoms with van der Waals surface area (Å²) >= 11 is 9.33. The van der Waals surface area contributed by atoms with Crippen molar-refractivity contribution < 1.29 is 9.53 Å². The number of hydrogen-bond donors (Lipinski definition) is 0. The number of hydrogen-bond acceptors (Lipinski definition) is 2. The molecule has 0 fully saturated rings. The van der Waals surface area contributed by atoms with Crippen molar-refractivity contribution in [2.75, 3.05) is 0 Å². The number of carbonyl (C=O) groups is 1. The second-order valence-corrected chi connectivity index (χ2v) is 5.86. The van der Waals surface area contributed by atoms with Gasteiger partial charge in [-0.1, -0.05) is 27.5 Å². The van der Waals surface area contributed by atoms with Crippen molar-refractivity contribution >= 4 is 39.6 Å². The zero-order valence-corrected chi connectivity index (χ0v) is 12.3. The first-order valence-corrected chi connectivity index (χ1v) is 6.31. The smallest absolute Gasteiger partial charge is 0.331 e. The predicted molar refractivity (Wildman–Crippen MR) is 74.0 cm³/mol. The number of ether oxygens (including phenoxy) is 1. The van der Waals surface area contributed by atoms with Crippen molar-refractivity contribution in [3.05, 3.63) is 39.3 Å². The molecule has 0 radical (unpaired) electrons. The fourth-order valence-electron chi connectivity index (χ4n) is 1.14. The molecular weight excluding hydrogens is 303 g/mol. The van der Waals surface area contributed by atoms with Crippen LogP contribution in [0.15, 0.2) is 28.7 Å². The quantitative estimate of drug-likeness (QED) is 0.595. The summed E-state index contributed by atoms with van der Waals surface area (Å²) in [6, 6.07) is 5.44. The fraction of sp³-hybridized carbons (Fsp3) is 0.308. The average molecular weight is 318 g/mol. The van der Waals surface area contributed by atoms with Crippen molar-refractivity contribution in [3.8, 4) is 0 Å². The van der Waals surface area contributed by atoms with E-state index in [4.69, 9.17) is 16.3 Å². The zero-order chi connectivity index (χ0) is 13.1. The van der Waals surface area contributed by atoms with Crippen LogP contribution in [0.25, 0.3) is 6.08 Å². The molecule has 0 aromatic heterocycles. The van der Waals surface area contributed by atoms with Gasteiger partial charge in [-0.25, -0.2) is 4.79 Å². The predicted octanol–water partition coefficient (Wildman–Crippen LogP) is 4.46. The van der Waals surface area contributed by atoms with Crippen LogP contribution in [0.3, 0.4) is 0 Å². The summed E-state index contributed by atoms with van der Waals surface area (Å²) in [4.78, 5) is 11.5. The molecule has 0 aliphatic heterocycles. The topological polar surface area (TPSA) is 26.3 Å². The molecule has 0 spiro atoms. The molecule has 2 nitrogen and oxygen atoms in total. The Labute approximate surface area is 115 Å². The molecule has 1 rings (SSSR count). The molecule has 0 bridgehead atoms. The van der Waals surface area contributed by atoms with Gasteiger partial charge in [-0.2, -0.15) is 0 Å². The van der Waals surface area contributed by atoms with Crippen LogP contribution >= 0.6 is 27.5 Å². The Balaban J connectivity index is 2.77. The summed E-state index contributed by atoms with van der Waals surface area (Å²) in [7, 11) is 0. The number of rotatable bonds is 2. The molecule has 0 saturated heterocycles. The van der Waals surface area contributed by atoms with Gasteiger partial charge in [0.05, 0.1) is 0 Å². The van der Waals surface area contributed by atoms with Crippen molar-refractivity contribution in [2.45, 2.75) is 26.4 Å². The van der Waals surface area contributed by atoms with Crippen LogP contribution in [-0.2, 0) is 9.53 Å². The fourth-order valence-corrected chi connectivity index (χ4v) is 1.70. The summed E-state index contributed by atoms with van der Waals surface area (Å²) in [6.45, 7) is 5.47. The Morgan fingerprint density at radius 1 is 1.41 bits per heavy atom. The molecule has 17 heavy (non-hydrogen) atoms. The van der Waals surface area contributed by atoms with Crippen molar-refractivity contribution in [2.24, 2.45) is 0 Å². The number of halogens is 2. The van der Waals surface area contributed by atoms with Crippen molar-refractivity contribution in [1.82, 2.24) is 0 Å². The molecule has 0 aliphatic rings. The molecule has 0 aliphatic carbocycles. The lowest BCUT2D eigenvalue weighted by molar-refractivity contribution is -0.148. The molecule has 92 valence electrons. The average Bonchev–Trinajstić information content (AvgIpc) is 2.17. The van der Waals surface area contributed by atoms with E-state index in [9.17, 15) is 4.79 Å². The van der Waals surface area contributed by atoms with E-state index >= 15 is 0 Å². The largest absolute Gasteiger partial charge is 0.457 e. The molecule has 0 heterocycles. The third-order valence-corrected chi connectivity index (χ3v) is 2.60. The lowest BCUT2D eigenvalue weighted by atomic mass is 10.2. The molecule has 0 unspecified atom stereocenters. The lowest BCUT2D eigenvalue weighted by Gasteiger charge is -2.17. The highest BCUT2D eigenvalue weighted by molar-refractivity contribution is 9.10. The minimum atomic E-state index is -0.484. The normalized spacial score (nSPS) is 11.8. The van der Waals surface area contributed by atoms with Crippen LogP contribution in [0.1, 0.15) is 26.3 Å². The summed E-state index contributed by atoms with van der Waals surface area (Å²) in [5.74, 6) is -0.381. The SMILES string of the molecule is CC(C)(C)OC(=O)/C=C/c1cc(Br)ccc1Cl. The Morgan fingerprint density at radius 2 is 2.06 bits per heavy atom.